The van der Waals surface area contributed by atoms with E-state index in [1.165, 1.54) is 0 Å². The summed E-state index contributed by atoms with van der Waals surface area (Å²) >= 11 is 0. The number of nitrogens with zero attached hydrogens (tertiary/aromatic N) is 2. The van der Waals surface area contributed by atoms with Gasteiger partial charge in [0.2, 0.25) is 5.91 Å². The Morgan fingerprint density at radius 1 is 1.17 bits per heavy atom. The lowest BCUT2D eigenvalue weighted by atomic mass is 10.1. The molecule has 6 nitrogen and oxygen atoms in total. The Labute approximate surface area is 133 Å². The van der Waals surface area contributed by atoms with Gasteiger partial charge in [-0.1, -0.05) is 12.1 Å². The van der Waals surface area contributed by atoms with E-state index in [1.54, 1.807) is 12.4 Å². The van der Waals surface area contributed by atoms with Crippen molar-refractivity contribution in [2.75, 3.05) is 11.9 Å². The van der Waals surface area contributed by atoms with E-state index in [0.717, 1.165) is 41.3 Å². The lowest BCUT2D eigenvalue weighted by Gasteiger charge is -2.11. The number of hydrogen-bond acceptors (Lipinski definition) is 4. The van der Waals surface area contributed by atoms with Crippen molar-refractivity contribution < 1.29 is 4.79 Å². The fraction of sp³-hybridized carbons (Fsp3) is 0.235. The van der Waals surface area contributed by atoms with Crippen molar-refractivity contribution in [1.82, 2.24) is 20.5 Å². The van der Waals surface area contributed by atoms with E-state index in [0.29, 0.717) is 5.82 Å². The van der Waals surface area contributed by atoms with E-state index in [4.69, 9.17) is 0 Å². The third kappa shape index (κ3) is 2.80. The minimum Gasteiger partial charge on any atom is -0.309 e. The average molecular weight is 307 g/mol. The van der Waals surface area contributed by atoms with Crippen molar-refractivity contribution in [3.63, 3.8) is 0 Å². The fourth-order valence-corrected chi connectivity index (χ4v) is 2.92. The largest absolute Gasteiger partial charge is 0.309 e. The number of rotatable bonds is 3. The zero-order valence-electron chi connectivity index (χ0n) is 12.5. The number of aromatic nitrogens is 3. The highest BCUT2D eigenvalue weighted by Gasteiger charge is 2.22. The van der Waals surface area contributed by atoms with E-state index >= 15 is 0 Å². The van der Waals surface area contributed by atoms with E-state index in [1.807, 2.05) is 24.4 Å². The molecule has 1 saturated heterocycles. The molecule has 0 spiro atoms. The average Bonchev–Trinajstić information content (AvgIpc) is 3.27. The van der Waals surface area contributed by atoms with Crippen LogP contribution < -0.4 is 10.6 Å². The normalized spacial score (nSPS) is 17.5. The van der Waals surface area contributed by atoms with Crippen molar-refractivity contribution in [2.24, 2.45) is 0 Å². The number of nitrogens with one attached hydrogen (secondary N) is 3. The molecule has 0 saturated carbocycles. The molecule has 3 aromatic rings. The highest BCUT2D eigenvalue weighted by molar-refractivity contribution is 5.96. The maximum absolute atomic E-state index is 12.2. The molecule has 0 unspecified atom stereocenters. The molecule has 1 aliphatic heterocycles. The van der Waals surface area contributed by atoms with Crippen LogP contribution in [-0.4, -0.2) is 33.7 Å². The maximum atomic E-state index is 12.2. The Morgan fingerprint density at radius 3 is 2.91 bits per heavy atom. The third-order valence-corrected chi connectivity index (χ3v) is 4.18. The van der Waals surface area contributed by atoms with Gasteiger partial charge in [-0.05, 0) is 42.5 Å². The van der Waals surface area contributed by atoms with Crippen LogP contribution in [0.15, 0.2) is 42.9 Å². The van der Waals surface area contributed by atoms with Crippen LogP contribution in [0.25, 0.3) is 21.9 Å². The summed E-state index contributed by atoms with van der Waals surface area (Å²) in [6.07, 6.45) is 7.35. The molecule has 1 fully saturated rings. The van der Waals surface area contributed by atoms with Crippen LogP contribution in [0, 0.1) is 0 Å². The summed E-state index contributed by atoms with van der Waals surface area (Å²) in [5.41, 5.74) is 2.11. The summed E-state index contributed by atoms with van der Waals surface area (Å²) in [6, 6.07) is 7.94. The number of carbonyl (C=O) groups excluding carboxylic acids is 1. The van der Waals surface area contributed by atoms with E-state index in [-0.39, 0.29) is 11.9 Å². The zero-order chi connectivity index (χ0) is 15.6. The van der Waals surface area contributed by atoms with E-state index in [9.17, 15) is 4.79 Å². The SMILES string of the molecule is O=C(Nc1cc2cc(-c3cn[nH]c3)ccc2cn1)[C@H]1CCCN1. The number of anilines is 1. The van der Waals surface area contributed by atoms with Gasteiger partial charge in [0, 0.05) is 23.3 Å². The molecular formula is C17H17N5O. The highest BCUT2D eigenvalue weighted by Crippen LogP contribution is 2.24. The number of pyridine rings is 1. The summed E-state index contributed by atoms with van der Waals surface area (Å²) < 4.78 is 0. The summed E-state index contributed by atoms with van der Waals surface area (Å²) in [7, 11) is 0. The Balaban J connectivity index is 1.62. The summed E-state index contributed by atoms with van der Waals surface area (Å²) in [5.74, 6) is 0.570. The van der Waals surface area contributed by atoms with Gasteiger partial charge in [-0.15, -0.1) is 0 Å². The summed E-state index contributed by atoms with van der Waals surface area (Å²) in [6.45, 7) is 0.900. The van der Waals surface area contributed by atoms with Gasteiger partial charge in [0.15, 0.2) is 0 Å². The molecule has 0 aliphatic carbocycles. The number of aromatic amines is 1. The smallest absolute Gasteiger partial charge is 0.242 e. The zero-order valence-corrected chi connectivity index (χ0v) is 12.5. The second kappa shape index (κ2) is 5.81. The van der Waals surface area contributed by atoms with Crippen molar-refractivity contribution in [3.05, 3.63) is 42.9 Å². The van der Waals surface area contributed by atoms with E-state index < -0.39 is 0 Å². The first kappa shape index (κ1) is 13.9. The minimum absolute atomic E-state index is 0.0136. The molecule has 6 heteroatoms. The first-order valence-corrected chi connectivity index (χ1v) is 7.73. The van der Waals surface area contributed by atoms with E-state index in [2.05, 4.69) is 31.9 Å². The molecule has 3 heterocycles. The molecule has 116 valence electrons. The Hall–Kier alpha value is -2.73. The third-order valence-electron chi connectivity index (χ3n) is 4.18. The lowest BCUT2D eigenvalue weighted by Crippen LogP contribution is -2.35. The number of H-pyrrole nitrogens is 1. The topological polar surface area (TPSA) is 82.7 Å². The number of benzene rings is 1. The van der Waals surface area contributed by atoms with Gasteiger partial charge in [-0.3, -0.25) is 9.89 Å². The van der Waals surface area contributed by atoms with Gasteiger partial charge in [-0.25, -0.2) is 4.98 Å². The second-order valence-electron chi connectivity index (χ2n) is 5.76. The van der Waals surface area contributed by atoms with Gasteiger partial charge in [0.05, 0.1) is 12.2 Å². The van der Waals surface area contributed by atoms with Gasteiger partial charge < -0.3 is 10.6 Å². The van der Waals surface area contributed by atoms with Crippen LogP contribution in [-0.2, 0) is 4.79 Å². The predicted molar refractivity (Wildman–Crippen MR) is 89.0 cm³/mol. The van der Waals surface area contributed by atoms with Crippen LogP contribution >= 0.6 is 0 Å². The number of carbonyl (C=O) groups is 1. The minimum atomic E-state index is -0.107. The number of amides is 1. The molecular weight excluding hydrogens is 290 g/mol. The van der Waals surface area contributed by atoms with Crippen molar-refractivity contribution in [1.29, 1.82) is 0 Å². The van der Waals surface area contributed by atoms with Crippen LogP contribution in [0.2, 0.25) is 0 Å². The Kier molecular flexibility index (Phi) is 3.51. The molecule has 1 aliphatic rings. The lowest BCUT2D eigenvalue weighted by molar-refractivity contribution is -0.117. The Bertz CT molecular complexity index is 837. The maximum Gasteiger partial charge on any atom is 0.242 e. The van der Waals surface area contributed by atoms with Crippen molar-refractivity contribution in [2.45, 2.75) is 18.9 Å². The predicted octanol–water partition coefficient (Wildman–Crippen LogP) is 2.32. The molecule has 0 bridgehead atoms. The van der Waals surface area contributed by atoms with Crippen LogP contribution in [0.1, 0.15) is 12.8 Å². The van der Waals surface area contributed by atoms with Crippen LogP contribution in [0.5, 0.6) is 0 Å². The molecule has 1 atom stereocenters. The highest BCUT2D eigenvalue weighted by atomic mass is 16.2. The van der Waals surface area contributed by atoms with Gasteiger partial charge in [-0.2, -0.15) is 5.10 Å². The first-order valence-electron chi connectivity index (χ1n) is 7.73. The van der Waals surface area contributed by atoms with Gasteiger partial charge >= 0.3 is 0 Å². The molecule has 0 radical (unpaired) electrons. The van der Waals surface area contributed by atoms with Crippen molar-refractivity contribution >= 4 is 22.5 Å². The molecule has 23 heavy (non-hydrogen) atoms. The first-order chi connectivity index (χ1) is 11.3. The molecule has 1 amide bonds. The van der Waals surface area contributed by atoms with Crippen LogP contribution in [0.4, 0.5) is 5.82 Å². The summed E-state index contributed by atoms with van der Waals surface area (Å²) in [4.78, 5) is 16.5. The van der Waals surface area contributed by atoms with Crippen LogP contribution in [0.3, 0.4) is 0 Å². The molecule has 4 rings (SSSR count). The molecule has 2 aromatic heterocycles. The fourth-order valence-electron chi connectivity index (χ4n) is 2.92. The van der Waals surface area contributed by atoms with Gasteiger partial charge in [0.1, 0.15) is 5.82 Å². The number of fused-ring (bicyclic) bond motifs is 1. The molecule has 3 N–H and O–H groups in total. The standard InChI is InChI=1S/C17H17N5O/c23-17(15-2-1-5-18-15)22-16-7-13-6-11(14-9-20-21-10-14)3-4-12(13)8-19-16/h3-4,6-10,15,18H,1-2,5H2,(H,20,21)(H,19,22,23)/t15-/m1/s1. The van der Waals surface area contributed by atoms with Gasteiger partial charge in [0.25, 0.3) is 0 Å². The second-order valence-corrected chi connectivity index (χ2v) is 5.76. The summed E-state index contributed by atoms with van der Waals surface area (Å²) in [5, 5.41) is 15.0. The quantitative estimate of drug-likeness (QED) is 0.693. The van der Waals surface area contributed by atoms with Crippen molar-refractivity contribution in [3.8, 4) is 11.1 Å². The monoisotopic (exact) mass is 307 g/mol. The molecule has 1 aromatic carbocycles. The number of hydrogen-bond donors (Lipinski definition) is 3. The Morgan fingerprint density at radius 2 is 2.13 bits per heavy atom.